The zero-order chi connectivity index (χ0) is 61.7. The van der Waals surface area contributed by atoms with Crippen molar-refractivity contribution in [3.63, 3.8) is 0 Å². The molecule has 10 atom stereocenters. The molecule has 0 saturated carbocycles. The van der Waals surface area contributed by atoms with Gasteiger partial charge in [-0.05, 0) is 51.6 Å². The van der Waals surface area contributed by atoms with Crippen molar-refractivity contribution < 1.29 is 66.4 Å². The lowest BCUT2D eigenvalue weighted by Gasteiger charge is -2.45. The molecule has 2 aromatic heterocycles. The summed E-state index contributed by atoms with van der Waals surface area (Å²) in [4.78, 5) is 27.2. The van der Waals surface area contributed by atoms with E-state index in [1.165, 1.54) is 6.07 Å². The zero-order valence-corrected chi connectivity index (χ0v) is 50.0. The number of esters is 2. The third-order valence-corrected chi connectivity index (χ3v) is 15.3. The topological polar surface area (TPSA) is 206 Å². The summed E-state index contributed by atoms with van der Waals surface area (Å²) in [6.45, 7) is 1.56. The highest BCUT2D eigenvalue weighted by molar-refractivity contribution is 5.95. The summed E-state index contributed by atoms with van der Waals surface area (Å²) in [5.74, 6) is -1.38. The molecule has 11 rings (SSSR count). The van der Waals surface area contributed by atoms with E-state index in [1.807, 2.05) is 182 Å². The maximum atomic E-state index is 13.6. The Hall–Kier alpha value is -8.64. The van der Waals surface area contributed by atoms with Crippen molar-refractivity contribution in [2.75, 3.05) is 14.2 Å². The van der Waals surface area contributed by atoms with Gasteiger partial charge in [0.1, 0.15) is 73.4 Å². The van der Waals surface area contributed by atoms with E-state index in [4.69, 9.17) is 56.8 Å². The summed E-state index contributed by atoms with van der Waals surface area (Å²) in [5, 5.41) is 17.4. The fourth-order valence-electron chi connectivity index (χ4n) is 10.7. The van der Waals surface area contributed by atoms with Crippen molar-refractivity contribution >= 4 is 11.9 Å². The lowest BCUT2D eigenvalue weighted by molar-refractivity contribution is -0.319. The molecule has 0 amide bonds. The van der Waals surface area contributed by atoms with Gasteiger partial charge in [0.15, 0.2) is 12.6 Å². The Labute approximate surface area is 522 Å². The Morgan fingerprint density at radius 1 is 0.367 bits per heavy atom. The highest BCUT2D eigenvalue weighted by atomic mass is 16.7. The first kappa shape index (κ1) is 62.9. The van der Waals surface area contributed by atoms with Gasteiger partial charge in [-0.2, -0.15) is 0 Å². The maximum Gasteiger partial charge on any atom is 0.338 e. The third kappa shape index (κ3) is 17.4. The number of hydrogen-bond donors (Lipinski definition) is 0. The number of nitrogens with zero attached hydrogens (tertiary/aromatic N) is 6. The van der Waals surface area contributed by atoms with Gasteiger partial charge in [0.05, 0.1) is 76.3 Å². The molecular formula is C70H72N6O14. The first-order chi connectivity index (χ1) is 44.3. The van der Waals surface area contributed by atoms with Gasteiger partial charge in [-0.1, -0.05) is 198 Å². The van der Waals surface area contributed by atoms with Crippen molar-refractivity contribution in [2.45, 2.75) is 127 Å². The smallest absolute Gasteiger partial charge is 0.338 e. The standard InChI is InChI=1S/C70H72N6O14/c1-79-69-65(85-45-53-30-17-7-18-31-53)63(83-43-51-26-13-5-14-27-51)61(81-41-49-22-9-3-10-23-49)59(89-69)39-75-37-57(71-73-75)47-87-67(77)55-34-21-35-56(36-55)68(78)88-48-58-38-76(74-72-58)40-60-62(82-42-50-24-11-4-12-25-50)64(84-44-52-28-15-6-16-29-52)66(70(80-2)90-60)86-46-54-32-19-8-20-33-54/h3-38,59-66,69-70H,39-48H2,1-2H3/t59-,60-,61-,62-,63+,64+,65-,66-,69+,70+/m1/s1. The molecule has 0 spiro atoms. The van der Waals surface area contributed by atoms with Crippen LogP contribution in [0.4, 0.5) is 0 Å². The number of carbonyl (C=O) groups is 2. The molecule has 90 heavy (non-hydrogen) atoms. The van der Waals surface area contributed by atoms with Crippen molar-refractivity contribution in [1.82, 2.24) is 30.0 Å². The van der Waals surface area contributed by atoms with Gasteiger partial charge in [-0.25, -0.2) is 19.0 Å². The fraction of sp³-hybridized carbons (Fsp3) is 0.314. The number of benzene rings is 7. The summed E-state index contributed by atoms with van der Waals surface area (Å²) < 4.78 is 80.1. The lowest BCUT2D eigenvalue weighted by atomic mass is 9.97. The normalized spacial score (nSPS) is 21.6. The Bertz CT molecular complexity index is 3360. The molecule has 0 radical (unpaired) electrons. The second-order valence-corrected chi connectivity index (χ2v) is 21.7. The zero-order valence-electron chi connectivity index (χ0n) is 50.0. The highest BCUT2D eigenvalue weighted by Crippen LogP contribution is 2.34. The Kier molecular flexibility index (Phi) is 22.5. The Balaban J connectivity index is 0.721. The van der Waals surface area contributed by atoms with Gasteiger partial charge in [0.25, 0.3) is 0 Å². The number of ether oxygens (including phenoxy) is 12. The van der Waals surface area contributed by atoms with Crippen LogP contribution >= 0.6 is 0 Å². The maximum absolute atomic E-state index is 13.6. The van der Waals surface area contributed by atoms with E-state index in [9.17, 15) is 9.59 Å². The molecule has 2 saturated heterocycles. The van der Waals surface area contributed by atoms with Gasteiger partial charge in [0.2, 0.25) is 0 Å². The number of hydrogen-bond acceptors (Lipinski definition) is 18. The van der Waals surface area contributed by atoms with Crippen molar-refractivity contribution in [3.05, 3.63) is 275 Å². The Morgan fingerprint density at radius 3 is 0.956 bits per heavy atom. The van der Waals surface area contributed by atoms with Crippen LogP contribution in [0.1, 0.15) is 65.5 Å². The number of aromatic nitrogens is 6. The van der Waals surface area contributed by atoms with Crippen LogP contribution in [0.3, 0.4) is 0 Å². The van der Waals surface area contributed by atoms with E-state index < -0.39 is 73.4 Å². The van der Waals surface area contributed by atoms with E-state index >= 15 is 0 Å². The first-order valence-corrected chi connectivity index (χ1v) is 29.8. The van der Waals surface area contributed by atoms with Crippen LogP contribution in [0.5, 0.6) is 0 Å². The van der Waals surface area contributed by atoms with E-state index in [1.54, 1.807) is 54.2 Å². The third-order valence-electron chi connectivity index (χ3n) is 15.3. The summed E-state index contributed by atoms with van der Waals surface area (Å²) in [6.07, 6.45) is -3.73. The van der Waals surface area contributed by atoms with Crippen LogP contribution in [0.25, 0.3) is 0 Å². The van der Waals surface area contributed by atoms with Crippen LogP contribution in [0.2, 0.25) is 0 Å². The quantitative estimate of drug-likeness (QED) is 0.0384. The lowest BCUT2D eigenvalue weighted by Crippen LogP contribution is -2.61. The molecule has 9 aromatic rings. The first-order valence-electron chi connectivity index (χ1n) is 29.8. The van der Waals surface area contributed by atoms with E-state index in [0.29, 0.717) is 11.4 Å². The number of rotatable bonds is 30. The minimum Gasteiger partial charge on any atom is -0.455 e. The van der Waals surface area contributed by atoms with E-state index in [0.717, 1.165) is 33.4 Å². The summed E-state index contributed by atoms with van der Waals surface area (Å²) in [6, 6.07) is 65.3. The molecule has 20 heteroatoms. The second-order valence-electron chi connectivity index (χ2n) is 21.7. The van der Waals surface area contributed by atoms with Crippen LogP contribution < -0.4 is 0 Å². The predicted octanol–water partition coefficient (Wildman–Crippen LogP) is 9.84. The molecule has 466 valence electrons. The van der Waals surface area contributed by atoms with Crippen LogP contribution in [0, 0.1) is 0 Å². The van der Waals surface area contributed by atoms with Crippen LogP contribution in [-0.4, -0.2) is 118 Å². The van der Waals surface area contributed by atoms with Crippen molar-refractivity contribution in [1.29, 1.82) is 0 Å². The van der Waals surface area contributed by atoms with Gasteiger partial charge >= 0.3 is 11.9 Å². The second kappa shape index (κ2) is 32.2. The molecule has 20 nitrogen and oxygen atoms in total. The molecule has 2 aliphatic heterocycles. The van der Waals surface area contributed by atoms with E-state index in [2.05, 4.69) is 20.6 Å². The van der Waals surface area contributed by atoms with Gasteiger partial charge in [0, 0.05) is 14.2 Å². The SMILES string of the molecule is CO[C@H]1O[C@H](Cn2cc(COC(=O)c3cccc(C(=O)OCc4cn(C[C@H]5O[C@H](OC)[C@H](OCc6ccccc6)[C@@H](OCc6ccccc6)[C@@H]5OCc5ccccc5)nn4)c3)nn2)[C@@H](OCc2ccccc2)[C@H](OCc2ccccc2)[C@H]1OCc1ccccc1. The van der Waals surface area contributed by atoms with E-state index in [-0.39, 0.29) is 77.1 Å². The average Bonchev–Trinajstić information content (AvgIpc) is 1.26. The average molecular weight is 1220 g/mol. The molecule has 0 N–H and O–H groups in total. The molecule has 4 heterocycles. The van der Waals surface area contributed by atoms with Gasteiger partial charge in [-0.3, -0.25) is 0 Å². The number of methoxy groups -OCH3 is 2. The molecule has 0 aliphatic carbocycles. The summed E-state index contributed by atoms with van der Waals surface area (Å²) >= 11 is 0. The Morgan fingerprint density at radius 2 is 0.656 bits per heavy atom. The highest BCUT2D eigenvalue weighted by Gasteiger charge is 2.50. The van der Waals surface area contributed by atoms with Crippen molar-refractivity contribution in [2.24, 2.45) is 0 Å². The van der Waals surface area contributed by atoms with Crippen LogP contribution in [0.15, 0.2) is 219 Å². The minimum atomic E-state index is -0.845. The molecule has 2 aliphatic rings. The van der Waals surface area contributed by atoms with Gasteiger partial charge in [-0.15, -0.1) is 10.2 Å². The summed E-state index contributed by atoms with van der Waals surface area (Å²) in [7, 11) is 3.14. The van der Waals surface area contributed by atoms with Gasteiger partial charge < -0.3 is 56.8 Å². The van der Waals surface area contributed by atoms with Crippen molar-refractivity contribution in [3.8, 4) is 0 Å². The molecule has 0 unspecified atom stereocenters. The molecule has 7 aromatic carbocycles. The minimum absolute atomic E-state index is 0.123. The molecule has 0 bridgehead atoms. The molecular weight excluding hydrogens is 1150 g/mol. The van der Waals surface area contributed by atoms with Crippen LogP contribution in [-0.2, 0) is 123 Å². The monoisotopic (exact) mass is 1220 g/mol. The predicted molar refractivity (Wildman–Crippen MR) is 326 cm³/mol. The molecule has 2 fully saturated rings. The number of carbonyl (C=O) groups excluding carboxylic acids is 2. The largest absolute Gasteiger partial charge is 0.455 e. The fourth-order valence-corrected chi connectivity index (χ4v) is 10.7. The summed E-state index contributed by atoms with van der Waals surface area (Å²) in [5.41, 5.74) is 6.81.